The van der Waals surface area contributed by atoms with Gasteiger partial charge in [0.1, 0.15) is 23.1 Å². The summed E-state index contributed by atoms with van der Waals surface area (Å²) in [5, 5.41) is 0.478. The van der Waals surface area contributed by atoms with E-state index in [0.717, 1.165) is 45.2 Å². The highest BCUT2D eigenvalue weighted by Crippen LogP contribution is 2.26. The first-order valence-electron chi connectivity index (χ1n) is 14.0. The average Bonchev–Trinajstić information content (AvgIpc) is 3.33. The van der Waals surface area contributed by atoms with E-state index in [2.05, 4.69) is 11.8 Å². The van der Waals surface area contributed by atoms with Crippen LogP contribution in [-0.2, 0) is 6.54 Å². The molecule has 3 aromatic heterocycles. The molecule has 39 heavy (non-hydrogen) atoms. The van der Waals surface area contributed by atoms with Crippen molar-refractivity contribution in [1.29, 1.82) is 0 Å². The zero-order valence-electron chi connectivity index (χ0n) is 22.3. The van der Waals surface area contributed by atoms with Crippen LogP contribution in [0.4, 0.5) is 4.39 Å². The van der Waals surface area contributed by atoms with E-state index >= 15 is 0 Å². The van der Waals surface area contributed by atoms with Gasteiger partial charge in [-0.05, 0) is 62.4 Å². The second-order valence-corrected chi connectivity index (χ2v) is 10.6. The molecular formula is C30H34FN5O3. The summed E-state index contributed by atoms with van der Waals surface area (Å²) in [6, 6.07) is 14.2. The highest BCUT2D eigenvalue weighted by molar-refractivity contribution is 5.98. The van der Waals surface area contributed by atoms with Gasteiger partial charge in [0.25, 0.3) is 11.5 Å². The lowest BCUT2D eigenvalue weighted by molar-refractivity contribution is 0.0412. The Morgan fingerprint density at radius 3 is 2.51 bits per heavy atom. The summed E-state index contributed by atoms with van der Waals surface area (Å²) < 4.78 is 23.3. The summed E-state index contributed by atoms with van der Waals surface area (Å²) in [5.41, 5.74) is 1.54. The maximum atomic E-state index is 14.0. The van der Waals surface area contributed by atoms with E-state index in [1.807, 2.05) is 21.6 Å². The first-order valence-corrected chi connectivity index (χ1v) is 14.0. The van der Waals surface area contributed by atoms with Gasteiger partial charge >= 0.3 is 0 Å². The standard InChI is InChI=1S/C30H34FN5O3/c1-2-14-35-25(20-23-28(35)32-27-9-5-6-15-36(27)29(23)37)30(38)34-16-10-21(11-17-34)33-18-12-22(13-19-33)39-26-8-4-3-7-24(26)31/h3-9,15,20-22H,2,10-14,16-19H2,1H3. The Morgan fingerprint density at radius 1 is 1.03 bits per heavy atom. The molecule has 0 saturated carbocycles. The van der Waals surface area contributed by atoms with Crippen molar-refractivity contribution in [2.75, 3.05) is 26.2 Å². The molecule has 8 nitrogen and oxygen atoms in total. The summed E-state index contributed by atoms with van der Waals surface area (Å²) >= 11 is 0. The Labute approximate surface area is 226 Å². The molecule has 2 fully saturated rings. The molecule has 1 aromatic carbocycles. The number of aryl methyl sites for hydroxylation is 1. The van der Waals surface area contributed by atoms with Gasteiger partial charge in [-0.1, -0.05) is 25.1 Å². The lowest BCUT2D eigenvalue weighted by Gasteiger charge is -2.41. The van der Waals surface area contributed by atoms with Crippen molar-refractivity contribution in [3.05, 3.63) is 76.6 Å². The second kappa shape index (κ2) is 10.8. The summed E-state index contributed by atoms with van der Waals surface area (Å²) in [6.07, 6.45) is 6.10. The topological polar surface area (TPSA) is 72.1 Å². The fraction of sp³-hybridized carbons (Fsp3) is 0.433. The van der Waals surface area contributed by atoms with Crippen LogP contribution in [0.5, 0.6) is 5.75 Å². The first kappa shape index (κ1) is 25.6. The monoisotopic (exact) mass is 531 g/mol. The number of pyridine rings is 1. The average molecular weight is 532 g/mol. The van der Waals surface area contributed by atoms with Crippen molar-refractivity contribution in [3.8, 4) is 5.75 Å². The number of carbonyl (C=O) groups is 1. The van der Waals surface area contributed by atoms with E-state index in [-0.39, 0.29) is 23.4 Å². The summed E-state index contributed by atoms with van der Waals surface area (Å²) in [4.78, 5) is 36.0. The van der Waals surface area contributed by atoms with Gasteiger partial charge in [0.15, 0.2) is 11.6 Å². The van der Waals surface area contributed by atoms with Gasteiger partial charge in [-0.25, -0.2) is 9.37 Å². The lowest BCUT2D eigenvalue weighted by atomic mass is 9.98. The number of nitrogens with zero attached hydrogens (tertiary/aromatic N) is 5. The van der Waals surface area contributed by atoms with Crippen molar-refractivity contribution in [1.82, 2.24) is 23.8 Å². The number of aromatic nitrogens is 3. The normalized spacial score (nSPS) is 17.7. The molecule has 2 saturated heterocycles. The molecule has 2 aliphatic heterocycles. The van der Waals surface area contributed by atoms with Crippen molar-refractivity contribution < 1.29 is 13.9 Å². The van der Waals surface area contributed by atoms with Crippen molar-refractivity contribution in [3.63, 3.8) is 0 Å². The molecule has 0 N–H and O–H groups in total. The summed E-state index contributed by atoms with van der Waals surface area (Å²) in [5.74, 6) is -0.0242. The fourth-order valence-electron chi connectivity index (χ4n) is 6.05. The van der Waals surface area contributed by atoms with Crippen molar-refractivity contribution in [2.45, 2.75) is 57.7 Å². The van der Waals surface area contributed by atoms with Crippen LogP contribution in [0.3, 0.4) is 0 Å². The minimum absolute atomic E-state index is 0.0228. The molecule has 1 amide bonds. The molecule has 6 rings (SSSR count). The van der Waals surface area contributed by atoms with Gasteiger partial charge in [0.05, 0.1) is 5.39 Å². The maximum absolute atomic E-state index is 14.0. The van der Waals surface area contributed by atoms with Crippen LogP contribution in [0, 0.1) is 5.82 Å². The molecule has 0 bridgehead atoms. The van der Waals surface area contributed by atoms with E-state index < -0.39 is 0 Å². The Kier molecular flexibility index (Phi) is 7.08. The Balaban J connectivity index is 1.12. The Bertz CT molecular complexity index is 1550. The summed E-state index contributed by atoms with van der Waals surface area (Å²) in [6.45, 7) is 5.86. The van der Waals surface area contributed by atoms with E-state index in [9.17, 15) is 14.0 Å². The smallest absolute Gasteiger partial charge is 0.270 e. The Morgan fingerprint density at radius 2 is 1.77 bits per heavy atom. The number of hydrogen-bond acceptors (Lipinski definition) is 5. The van der Waals surface area contributed by atoms with Crippen LogP contribution in [0.15, 0.2) is 59.5 Å². The van der Waals surface area contributed by atoms with Gasteiger partial charge in [-0.2, -0.15) is 0 Å². The van der Waals surface area contributed by atoms with E-state index in [0.29, 0.717) is 53.8 Å². The number of amides is 1. The quantitative estimate of drug-likeness (QED) is 0.370. The third-order valence-electron chi connectivity index (χ3n) is 8.12. The number of hydrogen-bond donors (Lipinski definition) is 0. The minimum Gasteiger partial charge on any atom is -0.487 e. The predicted octanol–water partition coefficient (Wildman–Crippen LogP) is 4.35. The molecular weight excluding hydrogens is 497 g/mol. The Hall–Kier alpha value is -3.72. The van der Waals surface area contributed by atoms with Gasteiger partial charge < -0.3 is 14.2 Å². The van der Waals surface area contributed by atoms with E-state index in [1.165, 1.54) is 10.5 Å². The molecule has 0 atom stereocenters. The third kappa shape index (κ3) is 4.91. The number of fused-ring (bicyclic) bond motifs is 2. The molecule has 0 unspecified atom stereocenters. The molecule has 9 heteroatoms. The van der Waals surface area contributed by atoms with Gasteiger partial charge in [0, 0.05) is 45.0 Å². The third-order valence-corrected chi connectivity index (χ3v) is 8.12. The number of halogens is 1. The summed E-state index contributed by atoms with van der Waals surface area (Å²) in [7, 11) is 0. The molecule has 2 aliphatic rings. The molecule has 4 aromatic rings. The largest absolute Gasteiger partial charge is 0.487 e. The van der Waals surface area contributed by atoms with Crippen molar-refractivity contribution >= 4 is 22.6 Å². The first-order chi connectivity index (χ1) is 19.0. The van der Waals surface area contributed by atoms with Gasteiger partial charge in [-0.3, -0.25) is 18.9 Å². The fourth-order valence-corrected chi connectivity index (χ4v) is 6.05. The molecule has 0 spiro atoms. The van der Waals surface area contributed by atoms with Crippen LogP contribution in [0.2, 0.25) is 0 Å². The van der Waals surface area contributed by atoms with Crippen LogP contribution in [0.25, 0.3) is 16.7 Å². The number of carbonyl (C=O) groups excluding carboxylic acids is 1. The van der Waals surface area contributed by atoms with Crippen LogP contribution >= 0.6 is 0 Å². The van der Waals surface area contributed by atoms with Gasteiger partial charge in [0.2, 0.25) is 0 Å². The number of likely N-dealkylation sites (tertiary alicyclic amines) is 2. The van der Waals surface area contributed by atoms with Crippen LogP contribution < -0.4 is 10.3 Å². The number of para-hydroxylation sites is 1. The molecule has 5 heterocycles. The van der Waals surface area contributed by atoms with E-state index in [4.69, 9.17) is 9.72 Å². The number of ether oxygens (including phenoxy) is 1. The maximum Gasteiger partial charge on any atom is 0.270 e. The van der Waals surface area contributed by atoms with Crippen LogP contribution in [0.1, 0.15) is 49.5 Å². The zero-order chi connectivity index (χ0) is 26.9. The molecule has 0 radical (unpaired) electrons. The van der Waals surface area contributed by atoms with Gasteiger partial charge in [-0.15, -0.1) is 0 Å². The minimum atomic E-state index is -0.316. The lowest BCUT2D eigenvalue weighted by Crippen LogP contribution is -2.50. The van der Waals surface area contributed by atoms with Crippen LogP contribution in [-0.4, -0.2) is 68.0 Å². The second-order valence-electron chi connectivity index (χ2n) is 10.6. The number of rotatable bonds is 6. The highest BCUT2D eigenvalue weighted by Gasteiger charge is 2.32. The molecule has 204 valence electrons. The number of benzene rings is 1. The van der Waals surface area contributed by atoms with Crippen molar-refractivity contribution in [2.24, 2.45) is 0 Å². The zero-order valence-corrected chi connectivity index (χ0v) is 22.3. The SMILES string of the molecule is CCCn1c(C(=O)N2CCC(N3CCC(Oc4ccccc4F)CC3)CC2)cc2c(=O)n3ccccc3nc21. The highest BCUT2D eigenvalue weighted by atomic mass is 19.1. The molecule has 0 aliphatic carbocycles. The number of piperidine rings is 2. The van der Waals surface area contributed by atoms with E-state index in [1.54, 1.807) is 36.5 Å². The predicted molar refractivity (Wildman–Crippen MR) is 148 cm³/mol.